The van der Waals surface area contributed by atoms with Crippen molar-refractivity contribution < 1.29 is 4.79 Å². The third-order valence-corrected chi connectivity index (χ3v) is 1.79. The van der Waals surface area contributed by atoms with Gasteiger partial charge >= 0.3 is 0 Å². The molecule has 0 saturated carbocycles. The Balaban J connectivity index is 4.40. The van der Waals surface area contributed by atoms with Crippen molar-refractivity contribution in [2.24, 2.45) is 5.73 Å². The van der Waals surface area contributed by atoms with E-state index in [1.54, 1.807) is 0 Å². The fraction of sp³-hybridized carbons (Fsp3) is 0.667. The smallest absolute Gasteiger partial charge is 0.244 e. The molecular formula is C9H17NO. The number of hydrogen-bond donors (Lipinski definition) is 1. The third kappa shape index (κ3) is 3.21. The molecule has 0 heterocycles. The van der Waals surface area contributed by atoms with Gasteiger partial charge in [-0.1, -0.05) is 25.8 Å². The fourth-order valence-electron chi connectivity index (χ4n) is 1.21. The van der Waals surface area contributed by atoms with Crippen LogP contribution in [0.15, 0.2) is 11.1 Å². The molecule has 0 bridgehead atoms. The van der Waals surface area contributed by atoms with E-state index in [1.165, 1.54) is 0 Å². The SMILES string of the molecule is CCC/C(C)=C(/CC)C(N)=O. The third-order valence-electron chi connectivity index (χ3n) is 1.79. The van der Waals surface area contributed by atoms with E-state index in [1.807, 2.05) is 13.8 Å². The summed E-state index contributed by atoms with van der Waals surface area (Å²) >= 11 is 0. The average Bonchev–Trinajstić information content (AvgIpc) is 1.88. The second-order valence-corrected chi connectivity index (χ2v) is 2.73. The molecule has 0 aliphatic rings. The monoisotopic (exact) mass is 155 g/mol. The molecular weight excluding hydrogens is 138 g/mol. The standard InChI is InChI=1S/C9H17NO/c1-4-6-7(3)8(5-2)9(10)11/h4-6H2,1-3H3,(H2,10,11)/b8-7-. The van der Waals surface area contributed by atoms with Crippen LogP contribution in [0.4, 0.5) is 0 Å². The van der Waals surface area contributed by atoms with Crippen molar-refractivity contribution in [2.45, 2.75) is 40.0 Å². The maximum Gasteiger partial charge on any atom is 0.244 e. The van der Waals surface area contributed by atoms with Crippen molar-refractivity contribution in [1.29, 1.82) is 0 Å². The van der Waals surface area contributed by atoms with Gasteiger partial charge in [-0.3, -0.25) is 4.79 Å². The normalized spacial score (nSPS) is 12.6. The Bertz CT molecular complexity index is 170. The highest BCUT2D eigenvalue weighted by Gasteiger charge is 2.04. The zero-order chi connectivity index (χ0) is 8.85. The zero-order valence-electron chi connectivity index (χ0n) is 7.61. The van der Waals surface area contributed by atoms with Gasteiger partial charge in [-0.05, 0) is 19.8 Å². The minimum Gasteiger partial charge on any atom is -0.366 e. The van der Waals surface area contributed by atoms with Gasteiger partial charge in [0, 0.05) is 5.57 Å². The first-order chi connectivity index (χ1) is 5.13. The van der Waals surface area contributed by atoms with Crippen molar-refractivity contribution >= 4 is 5.91 Å². The molecule has 1 amide bonds. The van der Waals surface area contributed by atoms with Gasteiger partial charge in [0.05, 0.1) is 0 Å². The lowest BCUT2D eigenvalue weighted by molar-refractivity contribution is -0.114. The van der Waals surface area contributed by atoms with Crippen molar-refractivity contribution in [3.63, 3.8) is 0 Å². The topological polar surface area (TPSA) is 43.1 Å². The molecule has 0 unspecified atom stereocenters. The maximum atomic E-state index is 10.8. The molecule has 0 aromatic carbocycles. The number of nitrogens with two attached hydrogens (primary N) is 1. The van der Waals surface area contributed by atoms with E-state index >= 15 is 0 Å². The zero-order valence-corrected chi connectivity index (χ0v) is 7.61. The van der Waals surface area contributed by atoms with Crippen LogP contribution in [0, 0.1) is 0 Å². The Morgan fingerprint density at radius 1 is 1.36 bits per heavy atom. The molecule has 0 aliphatic heterocycles. The summed E-state index contributed by atoms with van der Waals surface area (Å²) in [5.41, 5.74) is 7.12. The lowest BCUT2D eigenvalue weighted by atomic mass is 10.0. The van der Waals surface area contributed by atoms with Crippen LogP contribution in [0.25, 0.3) is 0 Å². The van der Waals surface area contributed by atoms with Crippen LogP contribution in [0.1, 0.15) is 40.0 Å². The second-order valence-electron chi connectivity index (χ2n) is 2.73. The minimum atomic E-state index is -0.265. The van der Waals surface area contributed by atoms with Crippen LogP contribution < -0.4 is 5.73 Å². The van der Waals surface area contributed by atoms with Gasteiger partial charge in [-0.2, -0.15) is 0 Å². The first kappa shape index (κ1) is 10.2. The van der Waals surface area contributed by atoms with Gasteiger partial charge in [0.1, 0.15) is 0 Å². The van der Waals surface area contributed by atoms with E-state index in [9.17, 15) is 4.79 Å². The number of amides is 1. The predicted molar refractivity (Wildman–Crippen MR) is 47.1 cm³/mol. The maximum absolute atomic E-state index is 10.8. The van der Waals surface area contributed by atoms with Gasteiger partial charge in [-0.25, -0.2) is 0 Å². The summed E-state index contributed by atoms with van der Waals surface area (Å²) in [5, 5.41) is 0. The van der Waals surface area contributed by atoms with Crippen LogP contribution in [0.5, 0.6) is 0 Å². The number of primary amides is 1. The highest BCUT2D eigenvalue weighted by molar-refractivity contribution is 5.92. The molecule has 0 atom stereocenters. The summed E-state index contributed by atoms with van der Waals surface area (Å²) in [7, 11) is 0. The molecule has 2 nitrogen and oxygen atoms in total. The first-order valence-corrected chi connectivity index (χ1v) is 4.11. The number of carbonyl (C=O) groups excluding carboxylic acids is 1. The quantitative estimate of drug-likeness (QED) is 0.620. The second kappa shape index (κ2) is 4.94. The van der Waals surface area contributed by atoms with E-state index in [4.69, 9.17) is 5.73 Å². The molecule has 64 valence electrons. The molecule has 0 radical (unpaired) electrons. The van der Waals surface area contributed by atoms with E-state index < -0.39 is 0 Å². The first-order valence-electron chi connectivity index (χ1n) is 4.11. The summed E-state index contributed by atoms with van der Waals surface area (Å²) in [6.45, 7) is 6.03. The van der Waals surface area contributed by atoms with Crippen LogP contribution >= 0.6 is 0 Å². The number of carbonyl (C=O) groups is 1. The Morgan fingerprint density at radius 3 is 2.18 bits per heavy atom. The molecule has 0 aliphatic carbocycles. The van der Waals surface area contributed by atoms with Crippen molar-refractivity contribution in [1.82, 2.24) is 0 Å². The van der Waals surface area contributed by atoms with Gasteiger partial charge in [0.2, 0.25) is 5.91 Å². The Morgan fingerprint density at radius 2 is 1.91 bits per heavy atom. The molecule has 2 heteroatoms. The highest BCUT2D eigenvalue weighted by Crippen LogP contribution is 2.12. The van der Waals surface area contributed by atoms with Crippen LogP contribution in [0.3, 0.4) is 0 Å². The Hall–Kier alpha value is -0.790. The Kier molecular flexibility index (Phi) is 4.59. The van der Waals surface area contributed by atoms with Gasteiger partial charge in [0.25, 0.3) is 0 Å². The van der Waals surface area contributed by atoms with E-state index in [-0.39, 0.29) is 5.91 Å². The predicted octanol–water partition coefficient (Wildman–Crippen LogP) is 2.00. The van der Waals surface area contributed by atoms with Crippen molar-refractivity contribution in [2.75, 3.05) is 0 Å². The van der Waals surface area contributed by atoms with E-state index in [0.717, 1.165) is 30.4 Å². The molecule has 0 aromatic heterocycles. The van der Waals surface area contributed by atoms with E-state index in [2.05, 4.69) is 6.92 Å². The molecule has 0 spiro atoms. The number of allylic oxidation sites excluding steroid dienone is 1. The lowest BCUT2D eigenvalue weighted by Crippen LogP contribution is -2.14. The van der Waals surface area contributed by atoms with Crippen LogP contribution in [-0.2, 0) is 4.79 Å². The van der Waals surface area contributed by atoms with Gasteiger partial charge < -0.3 is 5.73 Å². The summed E-state index contributed by atoms with van der Waals surface area (Å²) in [6.07, 6.45) is 2.80. The molecule has 0 rings (SSSR count). The van der Waals surface area contributed by atoms with Crippen molar-refractivity contribution in [3.8, 4) is 0 Å². The molecule has 0 fully saturated rings. The van der Waals surface area contributed by atoms with Crippen LogP contribution in [0.2, 0.25) is 0 Å². The van der Waals surface area contributed by atoms with E-state index in [0.29, 0.717) is 0 Å². The summed E-state index contributed by atoms with van der Waals surface area (Å²) in [4.78, 5) is 10.8. The summed E-state index contributed by atoms with van der Waals surface area (Å²) in [5.74, 6) is -0.265. The van der Waals surface area contributed by atoms with Crippen LogP contribution in [-0.4, -0.2) is 5.91 Å². The number of rotatable bonds is 4. The summed E-state index contributed by atoms with van der Waals surface area (Å²) in [6, 6.07) is 0. The number of hydrogen-bond acceptors (Lipinski definition) is 1. The average molecular weight is 155 g/mol. The highest BCUT2D eigenvalue weighted by atomic mass is 16.1. The van der Waals surface area contributed by atoms with Gasteiger partial charge in [-0.15, -0.1) is 0 Å². The largest absolute Gasteiger partial charge is 0.366 e. The molecule has 0 aromatic rings. The lowest BCUT2D eigenvalue weighted by Gasteiger charge is -2.04. The fourth-order valence-corrected chi connectivity index (χ4v) is 1.21. The molecule has 2 N–H and O–H groups in total. The van der Waals surface area contributed by atoms with Crippen molar-refractivity contribution in [3.05, 3.63) is 11.1 Å². The molecule has 11 heavy (non-hydrogen) atoms. The minimum absolute atomic E-state index is 0.265. The van der Waals surface area contributed by atoms with Gasteiger partial charge in [0.15, 0.2) is 0 Å². The Labute approximate surface area is 68.5 Å². The molecule has 0 saturated heterocycles. The summed E-state index contributed by atoms with van der Waals surface area (Å²) < 4.78 is 0.